The Balaban J connectivity index is 1.62. The van der Waals surface area contributed by atoms with Crippen LogP contribution in [0.3, 0.4) is 0 Å². The SMILES string of the molecule is C=S1(=O)CCC(C(=O)N2CCN(c3ccccn3)CC2c2ccc(F)cc2F)CC1. The van der Waals surface area contributed by atoms with Crippen LogP contribution in [0.25, 0.3) is 0 Å². The zero-order valence-corrected chi connectivity index (χ0v) is 17.5. The van der Waals surface area contributed by atoms with Crippen molar-refractivity contribution in [3.63, 3.8) is 0 Å². The normalized spacial score (nSPS) is 27.1. The van der Waals surface area contributed by atoms with Crippen LogP contribution in [-0.2, 0) is 14.3 Å². The fraction of sp³-hybridized carbons (Fsp3) is 0.409. The van der Waals surface area contributed by atoms with Gasteiger partial charge >= 0.3 is 0 Å². The minimum absolute atomic E-state index is 0.0562. The molecule has 1 aromatic carbocycles. The molecule has 3 heterocycles. The summed E-state index contributed by atoms with van der Waals surface area (Å²) in [6.07, 6.45) is 2.75. The monoisotopic (exact) mass is 433 g/mol. The van der Waals surface area contributed by atoms with Crippen LogP contribution in [0.1, 0.15) is 24.4 Å². The second kappa shape index (κ2) is 8.34. The summed E-state index contributed by atoms with van der Waals surface area (Å²) in [5.41, 5.74) is 0.294. The minimum atomic E-state index is -2.09. The third-order valence-electron chi connectivity index (χ3n) is 5.98. The lowest BCUT2D eigenvalue weighted by Gasteiger charge is -2.44. The van der Waals surface area contributed by atoms with E-state index in [1.165, 1.54) is 12.1 Å². The third kappa shape index (κ3) is 4.33. The van der Waals surface area contributed by atoms with Gasteiger partial charge in [0.15, 0.2) is 0 Å². The van der Waals surface area contributed by atoms with E-state index in [0.29, 0.717) is 49.5 Å². The van der Waals surface area contributed by atoms with E-state index < -0.39 is 27.2 Å². The van der Waals surface area contributed by atoms with Gasteiger partial charge in [0.05, 0.1) is 6.04 Å². The number of pyridine rings is 1. The van der Waals surface area contributed by atoms with Crippen LogP contribution < -0.4 is 4.90 Å². The number of benzene rings is 1. The number of hydrogen-bond acceptors (Lipinski definition) is 4. The van der Waals surface area contributed by atoms with Crippen LogP contribution in [0.15, 0.2) is 42.6 Å². The Hall–Kier alpha value is -2.48. The first kappa shape index (κ1) is 20.8. The Morgan fingerprint density at radius 3 is 2.57 bits per heavy atom. The smallest absolute Gasteiger partial charge is 0.226 e. The van der Waals surface area contributed by atoms with Gasteiger partial charge in [-0.2, -0.15) is 0 Å². The van der Waals surface area contributed by atoms with Crippen molar-refractivity contribution < 1.29 is 17.8 Å². The summed E-state index contributed by atoms with van der Waals surface area (Å²) in [4.78, 5) is 21.4. The Morgan fingerprint density at radius 2 is 1.90 bits per heavy atom. The number of hydrogen-bond donors (Lipinski definition) is 0. The number of anilines is 1. The number of carbonyl (C=O) groups excluding carboxylic acids is 1. The van der Waals surface area contributed by atoms with Gasteiger partial charge in [0.2, 0.25) is 5.91 Å². The molecule has 2 aliphatic heterocycles. The average molecular weight is 434 g/mol. The van der Waals surface area contributed by atoms with Gasteiger partial charge in [0.1, 0.15) is 17.5 Å². The highest BCUT2D eigenvalue weighted by Crippen LogP contribution is 2.33. The molecule has 0 N–H and O–H groups in total. The van der Waals surface area contributed by atoms with Gasteiger partial charge in [-0.3, -0.25) is 9.00 Å². The topological polar surface area (TPSA) is 53.5 Å². The van der Waals surface area contributed by atoms with E-state index in [2.05, 4.69) is 10.9 Å². The van der Waals surface area contributed by atoms with E-state index in [0.717, 1.165) is 11.9 Å². The Kier molecular flexibility index (Phi) is 5.77. The Bertz CT molecular complexity index is 1020. The van der Waals surface area contributed by atoms with Gasteiger partial charge < -0.3 is 9.80 Å². The number of carbonyl (C=O) groups is 1. The molecule has 0 radical (unpaired) electrons. The summed E-state index contributed by atoms with van der Waals surface area (Å²) in [5.74, 6) is 3.79. The second-order valence-electron chi connectivity index (χ2n) is 8.00. The van der Waals surface area contributed by atoms with Crippen molar-refractivity contribution >= 4 is 27.1 Å². The predicted molar refractivity (Wildman–Crippen MR) is 115 cm³/mol. The molecule has 2 aliphatic rings. The third-order valence-corrected chi connectivity index (χ3v) is 7.94. The van der Waals surface area contributed by atoms with Crippen molar-refractivity contribution in [2.45, 2.75) is 18.9 Å². The standard InChI is InChI=1S/C22H25F2N3O2S/c1-30(29)12-7-16(8-13-30)22(28)27-11-10-26(21-4-2-3-9-25-21)15-20(27)18-6-5-17(23)14-19(18)24/h2-6,9,14,16,20H,1,7-8,10-13,15H2. The molecule has 1 unspecified atom stereocenters. The number of piperazine rings is 1. The summed E-state index contributed by atoms with van der Waals surface area (Å²) in [7, 11) is -2.09. The van der Waals surface area contributed by atoms with Crippen molar-refractivity contribution in [1.82, 2.24) is 9.88 Å². The molecule has 0 saturated carbocycles. The molecule has 8 heteroatoms. The van der Waals surface area contributed by atoms with Crippen LogP contribution in [0, 0.1) is 17.6 Å². The van der Waals surface area contributed by atoms with Crippen LogP contribution in [0.2, 0.25) is 0 Å². The highest BCUT2D eigenvalue weighted by atomic mass is 32.2. The van der Waals surface area contributed by atoms with Crippen LogP contribution in [0.4, 0.5) is 14.6 Å². The molecule has 1 amide bonds. The van der Waals surface area contributed by atoms with Crippen LogP contribution in [0.5, 0.6) is 0 Å². The summed E-state index contributed by atoms with van der Waals surface area (Å²) in [6, 6.07) is 8.52. The highest BCUT2D eigenvalue weighted by Gasteiger charge is 2.37. The maximum atomic E-state index is 14.7. The largest absolute Gasteiger partial charge is 0.352 e. The number of rotatable bonds is 3. The molecule has 2 aromatic rings. The summed E-state index contributed by atoms with van der Waals surface area (Å²) in [6.45, 7) is 1.35. The van der Waals surface area contributed by atoms with Crippen LogP contribution in [-0.4, -0.2) is 57.0 Å². The molecular formula is C22H25F2N3O2S. The molecule has 0 bridgehead atoms. The zero-order chi connectivity index (χ0) is 21.3. The van der Waals surface area contributed by atoms with E-state index in [1.807, 2.05) is 23.1 Å². The number of halogens is 2. The molecule has 5 nitrogen and oxygen atoms in total. The molecule has 2 fully saturated rings. The Labute approximate surface area is 175 Å². The fourth-order valence-electron chi connectivity index (χ4n) is 4.28. The molecule has 4 rings (SSSR count). The van der Waals surface area contributed by atoms with Crippen molar-refractivity contribution in [3.8, 4) is 0 Å². The molecule has 160 valence electrons. The van der Waals surface area contributed by atoms with Gasteiger partial charge in [-0.05, 0) is 46.4 Å². The van der Waals surface area contributed by atoms with Gasteiger partial charge in [0, 0.05) is 54.9 Å². The van der Waals surface area contributed by atoms with Crippen molar-refractivity contribution in [2.75, 3.05) is 36.0 Å². The van der Waals surface area contributed by atoms with E-state index in [9.17, 15) is 17.8 Å². The summed E-state index contributed by atoms with van der Waals surface area (Å²) < 4.78 is 40.4. The highest BCUT2D eigenvalue weighted by molar-refractivity contribution is 8.00. The predicted octanol–water partition coefficient (Wildman–Crippen LogP) is 2.88. The van der Waals surface area contributed by atoms with E-state index >= 15 is 0 Å². The first-order chi connectivity index (χ1) is 14.3. The van der Waals surface area contributed by atoms with E-state index in [4.69, 9.17) is 0 Å². The fourth-order valence-corrected chi connectivity index (χ4v) is 5.91. The van der Waals surface area contributed by atoms with Crippen LogP contribution >= 0.6 is 0 Å². The van der Waals surface area contributed by atoms with Gasteiger partial charge in [-0.1, -0.05) is 12.1 Å². The lowest BCUT2D eigenvalue weighted by atomic mass is 9.96. The molecule has 0 spiro atoms. The van der Waals surface area contributed by atoms with Crippen molar-refractivity contribution in [2.24, 2.45) is 5.92 Å². The molecular weight excluding hydrogens is 408 g/mol. The quantitative estimate of drug-likeness (QED) is 0.699. The minimum Gasteiger partial charge on any atom is -0.352 e. The first-order valence-corrected chi connectivity index (χ1v) is 12.1. The maximum absolute atomic E-state index is 14.7. The molecule has 30 heavy (non-hydrogen) atoms. The number of aromatic nitrogens is 1. The van der Waals surface area contributed by atoms with Gasteiger partial charge in [-0.15, -0.1) is 0 Å². The molecule has 1 atom stereocenters. The second-order valence-corrected chi connectivity index (χ2v) is 10.7. The summed E-state index contributed by atoms with van der Waals surface area (Å²) >= 11 is 0. The Morgan fingerprint density at radius 1 is 1.13 bits per heavy atom. The average Bonchev–Trinajstić information content (AvgIpc) is 2.73. The maximum Gasteiger partial charge on any atom is 0.226 e. The lowest BCUT2D eigenvalue weighted by Crippen LogP contribution is -2.53. The lowest BCUT2D eigenvalue weighted by molar-refractivity contribution is -0.138. The zero-order valence-electron chi connectivity index (χ0n) is 16.7. The number of amides is 1. The van der Waals surface area contributed by atoms with E-state index in [1.54, 1.807) is 11.1 Å². The first-order valence-electron chi connectivity index (χ1n) is 10.1. The molecule has 1 aromatic heterocycles. The van der Waals surface area contributed by atoms with E-state index in [-0.39, 0.29) is 11.8 Å². The molecule has 0 aliphatic carbocycles. The van der Waals surface area contributed by atoms with Gasteiger partial charge in [-0.25, -0.2) is 13.8 Å². The van der Waals surface area contributed by atoms with Gasteiger partial charge in [0.25, 0.3) is 0 Å². The number of nitrogens with zero attached hydrogens (tertiary/aromatic N) is 3. The summed E-state index contributed by atoms with van der Waals surface area (Å²) in [5, 5.41) is 0. The molecule has 2 saturated heterocycles. The van der Waals surface area contributed by atoms with Crippen molar-refractivity contribution in [3.05, 3.63) is 59.8 Å². The van der Waals surface area contributed by atoms with Crippen molar-refractivity contribution in [1.29, 1.82) is 0 Å².